The van der Waals surface area contributed by atoms with Crippen LogP contribution in [0.3, 0.4) is 0 Å². The molecule has 2 aromatic carbocycles. The number of aromatic nitrogens is 3. The van der Waals surface area contributed by atoms with E-state index in [2.05, 4.69) is 26.3 Å². The van der Waals surface area contributed by atoms with Gasteiger partial charge in [-0.2, -0.15) is 5.10 Å². The molecule has 1 N–H and O–H groups in total. The fourth-order valence-electron chi connectivity index (χ4n) is 3.63. The third-order valence-electron chi connectivity index (χ3n) is 5.28. The van der Waals surface area contributed by atoms with Crippen LogP contribution in [0.25, 0.3) is 22.2 Å². The van der Waals surface area contributed by atoms with E-state index in [1.54, 1.807) is 0 Å². The maximum absolute atomic E-state index is 13.4. The van der Waals surface area contributed by atoms with Gasteiger partial charge in [0.15, 0.2) is 0 Å². The first-order valence-electron chi connectivity index (χ1n) is 10.1. The summed E-state index contributed by atoms with van der Waals surface area (Å²) in [6, 6.07) is 14.9. The predicted molar refractivity (Wildman–Crippen MR) is 128 cm³/mol. The Hall–Kier alpha value is -2.70. The number of benzene rings is 2. The van der Waals surface area contributed by atoms with Crippen molar-refractivity contribution in [3.63, 3.8) is 0 Å². The predicted octanol–water partition coefficient (Wildman–Crippen LogP) is 6.33. The van der Waals surface area contributed by atoms with Crippen LogP contribution in [-0.2, 0) is 6.54 Å². The van der Waals surface area contributed by atoms with Gasteiger partial charge in [0.1, 0.15) is 0 Å². The van der Waals surface area contributed by atoms with Crippen LogP contribution in [0.1, 0.15) is 41.5 Å². The SMILES string of the molecule is CCn1cc([C@H](C)NC(=O)c2cc(-c3ccc(Cl)cc3)nc3ccc(Br)cc23)c(C)n1. The minimum absolute atomic E-state index is 0.156. The number of fused-ring (bicyclic) bond motifs is 1. The number of aryl methyl sites for hydroxylation is 2. The third kappa shape index (κ3) is 4.50. The van der Waals surface area contributed by atoms with E-state index < -0.39 is 0 Å². The number of halogens is 2. The molecule has 31 heavy (non-hydrogen) atoms. The highest BCUT2D eigenvalue weighted by Gasteiger charge is 2.19. The molecule has 1 atom stereocenters. The van der Waals surface area contributed by atoms with Crippen molar-refractivity contribution in [3.8, 4) is 11.3 Å². The lowest BCUT2D eigenvalue weighted by molar-refractivity contribution is 0.0941. The summed E-state index contributed by atoms with van der Waals surface area (Å²) in [5.74, 6) is -0.156. The fourth-order valence-corrected chi connectivity index (χ4v) is 4.11. The second kappa shape index (κ2) is 8.81. The molecule has 0 radical (unpaired) electrons. The van der Waals surface area contributed by atoms with Crippen LogP contribution in [0.4, 0.5) is 0 Å². The van der Waals surface area contributed by atoms with Crippen molar-refractivity contribution in [1.82, 2.24) is 20.1 Å². The van der Waals surface area contributed by atoms with Gasteiger partial charge in [-0.15, -0.1) is 0 Å². The summed E-state index contributed by atoms with van der Waals surface area (Å²) in [6.07, 6.45) is 1.99. The second-order valence-electron chi connectivity index (χ2n) is 7.44. The number of carbonyl (C=O) groups is 1. The molecule has 7 heteroatoms. The lowest BCUT2D eigenvalue weighted by atomic mass is 10.0. The Morgan fingerprint density at radius 1 is 1.19 bits per heavy atom. The zero-order valence-corrected chi connectivity index (χ0v) is 19.8. The quantitative estimate of drug-likeness (QED) is 0.350. The number of hydrogen-bond acceptors (Lipinski definition) is 3. The molecule has 0 bridgehead atoms. The third-order valence-corrected chi connectivity index (χ3v) is 6.02. The van der Waals surface area contributed by atoms with Crippen LogP contribution in [0, 0.1) is 6.92 Å². The molecule has 0 aliphatic carbocycles. The highest BCUT2D eigenvalue weighted by Crippen LogP contribution is 2.28. The van der Waals surface area contributed by atoms with Crippen LogP contribution in [0.15, 0.2) is 59.2 Å². The molecule has 4 rings (SSSR count). The maximum atomic E-state index is 13.4. The van der Waals surface area contributed by atoms with Crippen molar-refractivity contribution >= 4 is 44.3 Å². The van der Waals surface area contributed by atoms with Crippen LogP contribution in [0.2, 0.25) is 5.02 Å². The first kappa shape index (κ1) is 21.5. The fraction of sp³-hybridized carbons (Fsp3) is 0.208. The maximum Gasteiger partial charge on any atom is 0.252 e. The summed E-state index contributed by atoms with van der Waals surface area (Å²) in [6.45, 7) is 6.76. The zero-order chi connectivity index (χ0) is 22.1. The van der Waals surface area contributed by atoms with Crippen molar-refractivity contribution in [2.75, 3.05) is 0 Å². The zero-order valence-electron chi connectivity index (χ0n) is 17.5. The minimum Gasteiger partial charge on any atom is -0.345 e. The molecule has 0 spiro atoms. The summed E-state index contributed by atoms with van der Waals surface area (Å²) < 4.78 is 2.77. The average Bonchev–Trinajstić information content (AvgIpc) is 3.14. The van der Waals surface area contributed by atoms with Gasteiger partial charge in [-0.1, -0.05) is 39.7 Å². The molecular weight excluding hydrogens is 476 g/mol. The number of hydrogen-bond donors (Lipinski definition) is 1. The van der Waals surface area contributed by atoms with Gasteiger partial charge in [-0.25, -0.2) is 4.98 Å². The van der Waals surface area contributed by atoms with Crippen LogP contribution < -0.4 is 5.32 Å². The van der Waals surface area contributed by atoms with E-state index in [1.807, 2.05) is 80.2 Å². The summed E-state index contributed by atoms with van der Waals surface area (Å²) in [7, 11) is 0. The van der Waals surface area contributed by atoms with Crippen LogP contribution in [0.5, 0.6) is 0 Å². The lowest BCUT2D eigenvalue weighted by Gasteiger charge is -2.15. The number of nitrogens with one attached hydrogen (secondary N) is 1. The van der Waals surface area contributed by atoms with Crippen LogP contribution >= 0.6 is 27.5 Å². The summed E-state index contributed by atoms with van der Waals surface area (Å²) >= 11 is 9.55. The van der Waals surface area contributed by atoms with E-state index in [0.717, 1.165) is 44.4 Å². The number of nitrogens with zero attached hydrogens (tertiary/aromatic N) is 3. The number of amides is 1. The van der Waals surface area contributed by atoms with E-state index >= 15 is 0 Å². The molecule has 2 aromatic heterocycles. The molecule has 0 fully saturated rings. The molecule has 1 amide bonds. The van der Waals surface area contributed by atoms with Crippen molar-refractivity contribution < 1.29 is 4.79 Å². The minimum atomic E-state index is -0.179. The Morgan fingerprint density at radius 3 is 2.61 bits per heavy atom. The van der Waals surface area contributed by atoms with Gasteiger partial charge in [0.2, 0.25) is 0 Å². The largest absolute Gasteiger partial charge is 0.345 e. The molecule has 5 nitrogen and oxygen atoms in total. The summed E-state index contributed by atoms with van der Waals surface area (Å²) in [5, 5.41) is 9.07. The summed E-state index contributed by atoms with van der Waals surface area (Å²) in [5.41, 5.74) is 4.87. The van der Waals surface area contributed by atoms with Gasteiger partial charge < -0.3 is 5.32 Å². The van der Waals surface area contributed by atoms with Crippen molar-refractivity contribution in [1.29, 1.82) is 0 Å². The smallest absolute Gasteiger partial charge is 0.252 e. The molecular formula is C24H22BrClN4O. The van der Waals surface area contributed by atoms with Crippen molar-refractivity contribution in [2.24, 2.45) is 0 Å². The Kier molecular flexibility index (Phi) is 6.12. The van der Waals surface area contributed by atoms with Gasteiger partial charge in [-0.3, -0.25) is 9.48 Å². The molecule has 0 aliphatic rings. The van der Waals surface area contributed by atoms with Gasteiger partial charge in [-0.05, 0) is 57.2 Å². The second-order valence-corrected chi connectivity index (χ2v) is 8.80. The Morgan fingerprint density at radius 2 is 1.94 bits per heavy atom. The van der Waals surface area contributed by atoms with E-state index in [1.165, 1.54) is 0 Å². The van der Waals surface area contributed by atoms with Crippen LogP contribution in [-0.4, -0.2) is 20.7 Å². The Balaban J connectivity index is 1.75. The molecule has 0 saturated carbocycles. The number of pyridine rings is 1. The highest BCUT2D eigenvalue weighted by molar-refractivity contribution is 9.10. The lowest BCUT2D eigenvalue weighted by Crippen LogP contribution is -2.27. The monoisotopic (exact) mass is 496 g/mol. The Labute approximate surface area is 194 Å². The van der Waals surface area contributed by atoms with E-state index in [-0.39, 0.29) is 11.9 Å². The Bertz CT molecular complexity index is 1270. The van der Waals surface area contributed by atoms with E-state index in [4.69, 9.17) is 16.6 Å². The van der Waals surface area contributed by atoms with Gasteiger partial charge in [0.25, 0.3) is 5.91 Å². The molecule has 4 aromatic rings. The van der Waals surface area contributed by atoms with Gasteiger partial charge in [0, 0.05) is 38.8 Å². The first-order valence-corrected chi connectivity index (χ1v) is 11.2. The highest BCUT2D eigenvalue weighted by atomic mass is 79.9. The van der Waals surface area contributed by atoms with Gasteiger partial charge >= 0.3 is 0 Å². The first-order chi connectivity index (χ1) is 14.9. The molecule has 2 heterocycles. The average molecular weight is 498 g/mol. The summed E-state index contributed by atoms with van der Waals surface area (Å²) in [4.78, 5) is 18.1. The van der Waals surface area contributed by atoms with Gasteiger partial charge in [0.05, 0.1) is 28.5 Å². The van der Waals surface area contributed by atoms with E-state index in [9.17, 15) is 4.79 Å². The molecule has 0 aliphatic heterocycles. The number of rotatable bonds is 5. The molecule has 0 unspecified atom stereocenters. The normalized spacial score (nSPS) is 12.2. The number of carbonyl (C=O) groups excluding carboxylic acids is 1. The topological polar surface area (TPSA) is 59.8 Å². The molecule has 0 saturated heterocycles. The van der Waals surface area contributed by atoms with E-state index in [0.29, 0.717) is 10.6 Å². The molecule has 158 valence electrons. The van der Waals surface area contributed by atoms with Crippen molar-refractivity contribution in [2.45, 2.75) is 33.4 Å². The standard InChI is InChI=1S/C24H22BrClN4O/c1-4-30-13-21(15(3)29-30)14(2)27-24(31)20-12-23(16-5-8-18(26)9-6-16)28-22-10-7-17(25)11-19(20)22/h5-14H,4H2,1-3H3,(H,27,31)/t14-/m0/s1. The van der Waals surface area contributed by atoms with Crippen molar-refractivity contribution in [3.05, 3.63) is 81.0 Å².